The minimum absolute atomic E-state index is 0.0842. The molecule has 8 rings (SSSR count). The van der Waals surface area contributed by atoms with Gasteiger partial charge in [-0.1, -0.05) is 77.8 Å². The van der Waals surface area contributed by atoms with Crippen molar-refractivity contribution in [2.75, 3.05) is 6.54 Å². The van der Waals surface area contributed by atoms with E-state index in [1.807, 2.05) is 47.8 Å². The molecule has 6 aromatic rings. The number of unbranched alkanes of at least 4 members (excludes halogenated alkanes) is 7. The Morgan fingerprint density at radius 2 is 1.09 bits per heavy atom. The van der Waals surface area contributed by atoms with Gasteiger partial charge in [-0.3, -0.25) is 19.3 Å². The van der Waals surface area contributed by atoms with Gasteiger partial charge >= 0.3 is 0 Å². The van der Waals surface area contributed by atoms with Gasteiger partial charge in [0.1, 0.15) is 0 Å². The predicted octanol–water partition coefficient (Wildman–Crippen LogP) is 12.1. The van der Waals surface area contributed by atoms with Gasteiger partial charge in [0.2, 0.25) is 0 Å². The van der Waals surface area contributed by atoms with Crippen molar-refractivity contribution in [3.8, 4) is 10.4 Å². The fourth-order valence-corrected chi connectivity index (χ4v) is 12.9. The summed E-state index contributed by atoms with van der Waals surface area (Å²) in [5.41, 5.74) is 4.21. The largest absolute Gasteiger partial charge is 0.288 e. The van der Waals surface area contributed by atoms with Crippen LogP contribution in [0.3, 0.4) is 0 Å². The van der Waals surface area contributed by atoms with Gasteiger partial charge in [0, 0.05) is 83.1 Å². The Labute approximate surface area is 340 Å². The summed E-state index contributed by atoms with van der Waals surface area (Å²) in [6.07, 6.45) is 13.6. The standard InChI is InChI=1S/C47H49NO3S4/c1-6-9-12-14-16-29-25-32-33-26-30(17-15-13-10-7-2)54-45(33)42-40(43(49)39(41(42)44(32)53-29)35-21-19-28(5)52-35)36-23-22-34(55-36)31-20-18-27(4)37-38(31)47(51)48(46(37)50)24-11-8-3/h18-23,25-26H,6-17,24H2,1-5H3. The van der Waals surface area contributed by atoms with Gasteiger partial charge in [-0.05, 0) is 87.9 Å². The molecule has 0 N–H and O–H groups in total. The van der Waals surface area contributed by atoms with Crippen molar-refractivity contribution in [3.63, 3.8) is 0 Å². The highest BCUT2D eigenvalue weighted by molar-refractivity contribution is 7.21. The Hall–Kier alpha value is -3.69. The van der Waals surface area contributed by atoms with Crippen LogP contribution in [0.25, 0.3) is 41.8 Å². The normalized spacial score (nSPS) is 14.1. The van der Waals surface area contributed by atoms with Crippen molar-refractivity contribution >= 4 is 94.3 Å². The van der Waals surface area contributed by atoms with Crippen molar-refractivity contribution < 1.29 is 14.4 Å². The van der Waals surface area contributed by atoms with Crippen molar-refractivity contribution in [3.05, 3.63) is 100 Å². The first-order valence-electron chi connectivity index (χ1n) is 20.2. The van der Waals surface area contributed by atoms with Crippen LogP contribution < -0.4 is 10.4 Å². The summed E-state index contributed by atoms with van der Waals surface area (Å²) in [5.74, 6) is -0.321. The molecule has 55 heavy (non-hydrogen) atoms. The van der Waals surface area contributed by atoms with Gasteiger partial charge in [-0.2, -0.15) is 0 Å². The van der Waals surface area contributed by atoms with E-state index in [9.17, 15) is 9.59 Å². The van der Waals surface area contributed by atoms with E-state index >= 15 is 4.79 Å². The van der Waals surface area contributed by atoms with E-state index in [4.69, 9.17) is 0 Å². The second-order valence-corrected chi connectivity index (χ2v) is 19.9. The SMILES string of the molecule is CCCCCCc1cc2c(s1)c1c(c3sc(CCCCCC)cc32)=C(c2ccc(-c3ccc(C)c4c3C(=O)N(CCCC)C4=O)s2)C(=O)C=1c1ccc(C)s1. The fourth-order valence-electron chi connectivity index (χ4n) is 8.36. The Morgan fingerprint density at radius 1 is 0.545 bits per heavy atom. The smallest absolute Gasteiger partial charge is 0.262 e. The lowest BCUT2D eigenvalue weighted by Gasteiger charge is -2.12. The molecular formula is C47H49NO3S4. The fraction of sp³-hybridized carbons (Fsp3) is 0.383. The average Bonchev–Trinajstić information content (AvgIpc) is 4.03. The summed E-state index contributed by atoms with van der Waals surface area (Å²) in [4.78, 5) is 50.9. The maximum absolute atomic E-state index is 15.2. The van der Waals surface area contributed by atoms with E-state index in [0.717, 1.165) is 73.0 Å². The Morgan fingerprint density at radius 3 is 1.65 bits per heavy atom. The first kappa shape index (κ1) is 38.2. The van der Waals surface area contributed by atoms with E-state index in [1.165, 1.54) is 91.1 Å². The van der Waals surface area contributed by atoms with E-state index in [-0.39, 0.29) is 17.6 Å². The molecule has 0 radical (unpaired) electrons. The van der Waals surface area contributed by atoms with Crippen molar-refractivity contribution in [1.29, 1.82) is 0 Å². The molecule has 2 aromatic carbocycles. The van der Waals surface area contributed by atoms with Gasteiger partial charge in [0.25, 0.3) is 11.8 Å². The van der Waals surface area contributed by atoms with Crippen LogP contribution >= 0.6 is 45.3 Å². The molecule has 1 aliphatic heterocycles. The average molecular weight is 804 g/mol. The van der Waals surface area contributed by atoms with Gasteiger partial charge in [-0.25, -0.2) is 0 Å². The minimum atomic E-state index is -0.210. The molecule has 0 spiro atoms. The number of hydrogen-bond acceptors (Lipinski definition) is 7. The minimum Gasteiger partial charge on any atom is -0.288 e. The van der Waals surface area contributed by atoms with Crippen LogP contribution in [-0.4, -0.2) is 29.0 Å². The lowest BCUT2D eigenvalue weighted by molar-refractivity contribution is -0.108. The highest BCUT2D eigenvalue weighted by atomic mass is 32.1. The summed E-state index contributed by atoms with van der Waals surface area (Å²) < 4.78 is 2.45. The number of aryl methyl sites for hydroxylation is 4. The molecule has 5 heterocycles. The quantitative estimate of drug-likeness (QED) is 0.0723. The molecule has 4 nitrogen and oxygen atoms in total. The van der Waals surface area contributed by atoms with E-state index in [2.05, 4.69) is 58.0 Å². The molecule has 0 fully saturated rings. The first-order chi connectivity index (χ1) is 26.7. The molecule has 284 valence electrons. The van der Waals surface area contributed by atoms with Gasteiger partial charge < -0.3 is 0 Å². The Balaban J connectivity index is 1.35. The van der Waals surface area contributed by atoms with Crippen molar-refractivity contribution in [1.82, 2.24) is 4.90 Å². The van der Waals surface area contributed by atoms with Crippen LogP contribution in [0.5, 0.6) is 0 Å². The van der Waals surface area contributed by atoms with Crippen molar-refractivity contribution in [2.45, 2.75) is 112 Å². The second kappa shape index (κ2) is 16.0. The molecular weight excluding hydrogens is 755 g/mol. The lowest BCUT2D eigenvalue weighted by atomic mass is 9.97. The number of carbonyl (C=O) groups excluding carboxylic acids is 3. The zero-order valence-corrected chi connectivity index (χ0v) is 35.9. The highest BCUT2D eigenvalue weighted by Crippen LogP contribution is 2.42. The summed E-state index contributed by atoms with van der Waals surface area (Å²) in [6, 6.07) is 17.2. The number of benzene rings is 2. The van der Waals surface area contributed by atoms with Crippen molar-refractivity contribution in [2.24, 2.45) is 0 Å². The number of amides is 2. The number of nitrogens with zero attached hydrogens (tertiary/aromatic N) is 1. The van der Waals surface area contributed by atoms with Gasteiger partial charge in [0.05, 0.1) is 11.1 Å². The highest BCUT2D eigenvalue weighted by Gasteiger charge is 2.39. The molecule has 4 aromatic heterocycles. The van der Waals surface area contributed by atoms with Gasteiger partial charge in [0.15, 0.2) is 5.78 Å². The van der Waals surface area contributed by atoms with E-state index < -0.39 is 0 Å². The first-order valence-corrected chi connectivity index (χ1v) is 23.5. The summed E-state index contributed by atoms with van der Waals surface area (Å²) >= 11 is 7.03. The number of ketones is 1. The number of carbonyl (C=O) groups is 3. The number of Topliss-reactive ketones (excluding diaryl/α,β-unsaturated/α-hetero) is 1. The number of fused-ring (bicyclic) bond motifs is 7. The Kier molecular flexibility index (Phi) is 11.1. The molecule has 0 saturated carbocycles. The van der Waals surface area contributed by atoms with Crippen LogP contribution in [0.15, 0.2) is 48.5 Å². The van der Waals surface area contributed by atoms with E-state index in [1.54, 1.807) is 22.7 Å². The molecule has 0 atom stereocenters. The van der Waals surface area contributed by atoms with Crippen LogP contribution in [0, 0.1) is 13.8 Å². The molecule has 0 bridgehead atoms. The molecule has 0 unspecified atom stereocenters. The summed E-state index contributed by atoms with van der Waals surface area (Å²) in [6.45, 7) is 11.0. The zero-order valence-electron chi connectivity index (χ0n) is 32.6. The summed E-state index contributed by atoms with van der Waals surface area (Å²) in [7, 11) is 0. The van der Waals surface area contributed by atoms with Crippen LogP contribution in [-0.2, 0) is 17.6 Å². The molecule has 0 saturated heterocycles. The molecule has 2 aliphatic rings. The monoisotopic (exact) mass is 803 g/mol. The topological polar surface area (TPSA) is 54.5 Å². The second-order valence-electron chi connectivity index (χ2n) is 15.2. The number of hydrogen-bond donors (Lipinski definition) is 0. The third-order valence-electron chi connectivity index (χ3n) is 11.2. The summed E-state index contributed by atoms with van der Waals surface area (Å²) in [5, 5.41) is 4.75. The third kappa shape index (κ3) is 6.81. The van der Waals surface area contributed by atoms with Crippen LogP contribution in [0.2, 0.25) is 0 Å². The molecule has 2 amide bonds. The number of imide groups is 1. The lowest BCUT2D eigenvalue weighted by Crippen LogP contribution is -2.30. The Bertz CT molecular complexity index is 2610. The maximum atomic E-state index is 15.2. The molecule has 8 heteroatoms. The number of thiophene rings is 4. The van der Waals surface area contributed by atoms with Crippen LogP contribution in [0.4, 0.5) is 0 Å². The van der Waals surface area contributed by atoms with E-state index in [0.29, 0.717) is 17.7 Å². The molecule has 1 aliphatic carbocycles. The zero-order chi connectivity index (χ0) is 38.4. The van der Waals surface area contributed by atoms with Gasteiger partial charge in [-0.15, -0.1) is 45.3 Å². The number of rotatable bonds is 16. The third-order valence-corrected chi connectivity index (χ3v) is 15.8. The van der Waals surface area contributed by atoms with Crippen LogP contribution in [0.1, 0.15) is 136 Å². The predicted molar refractivity (Wildman–Crippen MR) is 236 cm³/mol. The maximum Gasteiger partial charge on any atom is 0.262 e.